The largest absolute Gasteiger partial charge is 0.134 e. The average Bonchev–Trinajstić information content (AvgIpc) is 3.75. The number of hydrogen-bond donors (Lipinski definition) is 0. The van der Waals surface area contributed by atoms with E-state index in [1.807, 2.05) is 22.7 Å². The van der Waals surface area contributed by atoms with E-state index in [0.717, 1.165) is 0 Å². The monoisotopic (exact) mass is 668 g/mol. The molecule has 11 aromatic rings. The lowest BCUT2D eigenvalue weighted by Gasteiger charge is -2.18. The van der Waals surface area contributed by atoms with Gasteiger partial charge in [0.05, 0.1) is 9.40 Å². The van der Waals surface area contributed by atoms with Crippen molar-refractivity contribution in [3.63, 3.8) is 0 Å². The van der Waals surface area contributed by atoms with Gasteiger partial charge >= 0.3 is 0 Å². The molecular weight excluding hydrogens is 641 g/mol. The van der Waals surface area contributed by atoms with E-state index in [0.29, 0.717) is 0 Å². The zero-order chi connectivity index (χ0) is 32.8. The molecule has 0 nitrogen and oxygen atoms in total. The van der Waals surface area contributed by atoms with Crippen LogP contribution in [0.4, 0.5) is 0 Å². The minimum Gasteiger partial charge on any atom is -0.134 e. The van der Waals surface area contributed by atoms with Crippen molar-refractivity contribution in [1.29, 1.82) is 0 Å². The summed E-state index contributed by atoms with van der Waals surface area (Å²) in [6, 6.07) is 63.0. The Hall–Kier alpha value is -5.80. The van der Waals surface area contributed by atoms with Gasteiger partial charge < -0.3 is 0 Å². The van der Waals surface area contributed by atoms with Gasteiger partial charge in [0.1, 0.15) is 0 Å². The minimum absolute atomic E-state index is 1.24. The van der Waals surface area contributed by atoms with Crippen molar-refractivity contribution < 1.29 is 0 Å². The van der Waals surface area contributed by atoms with Gasteiger partial charge in [-0.1, -0.05) is 152 Å². The van der Waals surface area contributed by atoms with Gasteiger partial charge in [0.25, 0.3) is 0 Å². The number of hydrogen-bond acceptors (Lipinski definition) is 2. The van der Waals surface area contributed by atoms with E-state index >= 15 is 0 Å². The third-order valence-corrected chi connectivity index (χ3v) is 13.0. The number of rotatable bonds is 3. The summed E-state index contributed by atoms with van der Waals surface area (Å²) in [5, 5.41) is 13.1. The molecule has 2 heteroatoms. The van der Waals surface area contributed by atoms with Gasteiger partial charge in [0.2, 0.25) is 0 Å². The number of benzene rings is 9. The zero-order valence-corrected chi connectivity index (χ0v) is 28.6. The van der Waals surface area contributed by atoms with Crippen molar-refractivity contribution in [1.82, 2.24) is 0 Å². The Bertz CT molecular complexity index is 3080. The summed E-state index contributed by atoms with van der Waals surface area (Å²) in [6.07, 6.45) is 0. The van der Waals surface area contributed by atoms with Crippen LogP contribution >= 0.6 is 22.7 Å². The first-order valence-corrected chi connectivity index (χ1v) is 18.7. The molecule has 0 aliphatic rings. The summed E-state index contributed by atoms with van der Waals surface area (Å²) in [5.41, 5.74) is 7.57. The molecule has 0 unspecified atom stereocenters. The zero-order valence-electron chi connectivity index (χ0n) is 27.0. The lowest BCUT2D eigenvalue weighted by atomic mass is 9.85. The topological polar surface area (TPSA) is 0 Å². The first-order valence-electron chi connectivity index (χ1n) is 17.1. The molecule has 0 saturated heterocycles. The van der Waals surface area contributed by atoms with Crippen LogP contribution in [0.2, 0.25) is 0 Å². The van der Waals surface area contributed by atoms with Gasteiger partial charge in [-0.3, -0.25) is 0 Å². The summed E-state index contributed by atoms with van der Waals surface area (Å²) >= 11 is 3.85. The lowest BCUT2D eigenvalue weighted by Crippen LogP contribution is -1.91. The fraction of sp³-hybridized carbons (Fsp3) is 0. The van der Waals surface area contributed by atoms with Crippen molar-refractivity contribution in [3.05, 3.63) is 170 Å². The second kappa shape index (κ2) is 10.9. The lowest BCUT2D eigenvalue weighted by molar-refractivity contribution is 1.63. The second-order valence-corrected chi connectivity index (χ2v) is 15.3. The summed E-state index contributed by atoms with van der Waals surface area (Å²) in [7, 11) is 0. The molecule has 0 saturated carbocycles. The fourth-order valence-electron chi connectivity index (χ4n) is 8.12. The van der Waals surface area contributed by atoms with Gasteiger partial charge in [-0.05, 0) is 83.9 Å². The molecule has 0 spiro atoms. The molecule has 0 radical (unpaired) electrons. The highest BCUT2D eigenvalue weighted by atomic mass is 32.1. The van der Waals surface area contributed by atoms with Crippen LogP contribution in [-0.2, 0) is 0 Å². The normalized spacial score (nSPS) is 12.0. The molecule has 9 aromatic carbocycles. The molecule has 2 aromatic heterocycles. The standard InChI is InChI=1S/C48H28S2/c1-2-10-32-27-34(22-19-29(32)9-1)46-39-14-5-3-12-37(39)45(38-13-4-6-15-40(38)46)31-20-17-30(18-21-31)33-23-24-36-42-26-25-41-35-11-7-8-16-43(35)49-47(41)48(42)50-44(36)28-33/h1-28H. The molecule has 0 aliphatic heterocycles. The maximum Gasteiger partial charge on any atom is 0.0534 e. The third kappa shape index (κ3) is 4.16. The Labute approximate surface area is 297 Å². The summed E-state index contributed by atoms with van der Waals surface area (Å²) in [5.74, 6) is 0. The number of fused-ring (bicyclic) bond motifs is 10. The van der Waals surface area contributed by atoms with Crippen LogP contribution in [-0.4, -0.2) is 0 Å². The second-order valence-electron chi connectivity index (χ2n) is 13.2. The Kier molecular flexibility index (Phi) is 6.09. The predicted molar refractivity (Wildman–Crippen MR) is 221 cm³/mol. The van der Waals surface area contributed by atoms with Crippen molar-refractivity contribution in [2.75, 3.05) is 0 Å². The van der Waals surface area contributed by atoms with Crippen LogP contribution in [0.1, 0.15) is 0 Å². The molecule has 232 valence electrons. The van der Waals surface area contributed by atoms with E-state index in [1.54, 1.807) is 0 Å². The highest BCUT2D eigenvalue weighted by Crippen LogP contribution is 2.46. The van der Waals surface area contributed by atoms with Gasteiger partial charge in [0.15, 0.2) is 0 Å². The summed E-state index contributed by atoms with van der Waals surface area (Å²) < 4.78 is 5.50. The maximum absolute atomic E-state index is 2.39. The van der Waals surface area contributed by atoms with Crippen LogP contribution in [0.25, 0.3) is 106 Å². The minimum atomic E-state index is 1.24. The first kappa shape index (κ1) is 28.1. The molecule has 0 fully saturated rings. The van der Waals surface area contributed by atoms with E-state index in [9.17, 15) is 0 Å². The predicted octanol–water partition coefficient (Wildman–Crippen LogP) is 14.9. The molecule has 0 bridgehead atoms. The van der Waals surface area contributed by atoms with Gasteiger partial charge in [-0.25, -0.2) is 0 Å². The molecule has 2 heterocycles. The number of thiophene rings is 2. The maximum atomic E-state index is 2.39. The SMILES string of the molecule is c1ccc2cc(-c3c4ccccc4c(-c4ccc(-c5ccc6c(c5)sc5c6ccc6c7ccccc7sc65)cc4)c4ccccc34)ccc2c1. The van der Waals surface area contributed by atoms with Gasteiger partial charge in [-0.15, -0.1) is 22.7 Å². The Morgan fingerprint density at radius 1 is 0.260 bits per heavy atom. The van der Waals surface area contributed by atoms with Crippen molar-refractivity contribution in [2.24, 2.45) is 0 Å². The van der Waals surface area contributed by atoms with E-state index < -0.39 is 0 Å². The Morgan fingerprint density at radius 3 is 1.40 bits per heavy atom. The fourth-order valence-corrected chi connectivity index (χ4v) is 10.7. The highest BCUT2D eigenvalue weighted by molar-refractivity contribution is 7.33. The van der Waals surface area contributed by atoms with Crippen LogP contribution in [0.5, 0.6) is 0 Å². The van der Waals surface area contributed by atoms with E-state index in [4.69, 9.17) is 0 Å². The molecule has 0 aliphatic carbocycles. The van der Waals surface area contributed by atoms with Crippen molar-refractivity contribution >= 4 is 95.3 Å². The molecule has 0 atom stereocenters. The van der Waals surface area contributed by atoms with E-state index in [2.05, 4.69) is 170 Å². The van der Waals surface area contributed by atoms with Crippen LogP contribution in [0.3, 0.4) is 0 Å². The van der Waals surface area contributed by atoms with Gasteiger partial charge in [-0.2, -0.15) is 0 Å². The quantitative estimate of drug-likeness (QED) is 0.164. The Morgan fingerprint density at radius 2 is 0.720 bits per heavy atom. The van der Waals surface area contributed by atoms with Gasteiger partial charge in [0, 0.05) is 30.9 Å². The van der Waals surface area contributed by atoms with Crippen LogP contribution in [0.15, 0.2) is 170 Å². The molecule has 0 amide bonds. The van der Waals surface area contributed by atoms with E-state index in [1.165, 1.54) is 106 Å². The molecular formula is C48H28S2. The Balaban J connectivity index is 1.04. The summed E-state index contributed by atoms with van der Waals surface area (Å²) in [6.45, 7) is 0. The molecule has 11 rings (SSSR count). The van der Waals surface area contributed by atoms with Crippen molar-refractivity contribution in [2.45, 2.75) is 0 Å². The average molecular weight is 669 g/mol. The van der Waals surface area contributed by atoms with E-state index in [-0.39, 0.29) is 0 Å². The van der Waals surface area contributed by atoms with Crippen molar-refractivity contribution in [3.8, 4) is 33.4 Å². The highest BCUT2D eigenvalue weighted by Gasteiger charge is 2.18. The first-order chi connectivity index (χ1) is 24.8. The summed E-state index contributed by atoms with van der Waals surface area (Å²) in [4.78, 5) is 0. The van der Waals surface area contributed by atoms with Crippen LogP contribution in [0, 0.1) is 0 Å². The van der Waals surface area contributed by atoms with Crippen LogP contribution < -0.4 is 0 Å². The molecule has 0 N–H and O–H groups in total. The smallest absolute Gasteiger partial charge is 0.0534 e. The third-order valence-electron chi connectivity index (χ3n) is 10.5. The molecule has 50 heavy (non-hydrogen) atoms.